The van der Waals surface area contributed by atoms with Crippen LogP contribution in [0.5, 0.6) is 0 Å². The van der Waals surface area contributed by atoms with Crippen LogP contribution in [0.3, 0.4) is 0 Å². The van der Waals surface area contributed by atoms with E-state index < -0.39 is 7.60 Å². The Morgan fingerprint density at radius 1 is 0.974 bits per heavy atom. The average Bonchev–Trinajstić information content (AvgIpc) is 3.28. The summed E-state index contributed by atoms with van der Waals surface area (Å²) in [4.78, 5) is 22.4. The summed E-state index contributed by atoms with van der Waals surface area (Å²) >= 11 is 0. The number of hydrogen-bond donors (Lipinski definition) is 3. The molecule has 10 nitrogen and oxygen atoms in total. The molecule has 2 heterocycles. The van der Waals surface area contributed by atoms with Crippen molar-refractivity contribution in [2.24, 2.45) is 0 Å². The van der Waals surface area contributed by atoms with Crippen molar-refractivity contribution in [2.45, 2.75) is 104 Å². The van der Waals surface area contributed by atoms with Crippen LogP contribution in [0, 0.1) is 0 Å². The average molecular weight is 593 g/mol. The summed E-state index contributed by atoms with van der Waals surface area (Å²) < 4.78 is 24.8. The Bertz CT molecular complexity index is 923. The minimum atomic E-state index is -3.80. The molecule has 0 fully saturated rings. The van der Waals surface area contributed by atoms with Gasteiger partial charge in [-0.3, -0.25) is 4.57 Å². The highest BCUT2D eigenvalue weighted by Gasteiger charge is 2.21. The summed E-state index contributed by atoms with van der Waals surface area (Å²) in [7, 11) is -0.292. The van der Waals surface area contributed by atoms with Crippen LogP contribution in [0.15, 0.2) is 12.7 Å². The first-order valence-corrected chi connectivity index (χ1v) is 17.9. The van der Waals surface area contributed by atoms with Gasteiger partial charge in [0.15, 0.2) is 11.5 Å². The quantitative estimate of drug-likeness (QED) is 0.0679. The Hall–Kier alpha value is -0.880. The fourth-order valence-electron chi connectivity index (χ4n) is 3.95. The number of anilines is 1. The number of ether oxygens (including phenoxy) is 1. The maximum atomic E-state index is 12.3. The van der Waals surface area contributed by atoms with E-state index in [0.29, 0.717) is 29.3 Å². The molecule has 0 aliphatic heterocycles. The Morgan fingerprint density at radius 3 is 2.24 bits per heavy atom. The Balaban J connectivity index is 0.00000722. The highest BCUT2D eigenvalue weighted by Crippen LogP contribution is 2.42. The van der Waals surface area contributed by atoms with Crippen molar-refractivity contribution in [3.05, 3.63) is 12.7 Å². The third-order valence-corrected chi connectivity index (χ3v) is 9.55. The first-order valence-electron chi connectivity index (χ1n) is 13.7. The second-order valence-electron chi connectivity index (χ2n) is 9.44. The lowest BCUT2D eigenvalue weighted by molar-refractivity contribution is 0.0724. The lowest BCUT2D eigenvalue weighted by Crippen LogP contribution is -2.17. The minimum absolute atomic E-state index is 0. The molecule has 2 aromatic heterocycles. The minimum Gasteiger partial charge on any atom is -0.382 e. The number of nitrogens with two attached hydrogens (primary N) is 1. The number of imidazole rings is 1. The molecule has 0 aromatic carbocycles. The van der Waals surface area contributed by atoms with Gasteiger partial charge in [0, 0.05) is 11.5 Å². The Labute approximate surface area is 236 Å². The summed E-state index contributed by atoms with van der Waals surface area (Å²) in [5.74, 6) is 2.10. The van der Waals surface area contributed by atoms with Gasteiger partial charge in [-0.15, -0.1) is 0 Å². The third kappa shape index (κ3) is 15.1. The molecule has 2 aromatic rings. The first kappa shape index (κ1) is 35.1. The molecule has 1 unspecified atom stereocenters. The van der Waals surface area contributed by atoms with E-state index in [1.54, 1.807) is 21.7 Å². The first-order chi connectivity index (χ1) is 17.9. The predicted octanol–water partition coefficient (Wildman–Crippen LogP) is 7.22. The molecule has 0 aliphatic rings. The number of hydrogen-bond acceptors (Lipinski definition) is 10. The molecule has 0 amide bonds. The van der Waals surface area contributed by atoms with Crippen LogP contribution in [0.25, 0.3) is 11.2 Å². The summed E-state index contributed by atoms with van der Waals surface area (Å²) in [6, 6.07) is 0. The van der Waals surface area contributed by atoms with Gasteiger partial charge in [0.05, 0.1) is 25.6 Å². The van der Waals surface area contributed by atoms with Gasteiger partial charge >= 0.3 is 7.60 Å². The Kier molecular flexibility index (Phi) is 19.4. The van der Waals surface area contributed by atoms with Crippen LogP contribution in [-0.2, 0) is 20.4 Å². The summed E-state index contributed by atoms with van der Waals surface area (Å²) in [5, 5.41) is 0. The number of nitrogen functional groups attached to an aromatic ring is 1. The van der Waals surface area contributed by atoms with Crippen molar-refractivity contribution in [1.29, 1.82) is 0 Å². The van der Waals surface area contributed by atoms with Gasteiger partial charge in [-0.25, -0.2) is 15.0 Å². The molecule has 0 radical (unpaired) electrons. The van der Waals surface area contributed by atoms with E-state index in [4.69, 9.17) is 15.0 Å². The van der Waals surface area contributed by atoms with Crippen LogP contribution < -0.4 is 11.9 Å². The number of aromatic nitrogens is 4. The topological polar surface area (TPSA) is 160 Å². The van der Waals surface area contributed by atoms with E-state index in [1.165, 1.54) is 83.4 Å². The molecule has 13 heteroatoms. The molecule has 0 spiro atoms. The lowest BCUT2D eigenvalue weighted by atomic mass is 10.1. The highest BCUT2D eigenvalue weighted by atomic mass is 33.1. The number of unbranched alkanes of at least 4 members (excludes halogenated alkanes) is 11. The zero-order valence-electron chi connectivity index (χ0n) is 23.3. The van der Waals surface area contributed by atoms with Crippen molar-refractivity contribution in [2.75, 3.05) is 30.2 Å². The second-order valence-corrected chi connectivity index (χ2v) is 13.9. The SMILES string of the molecule is CCCCCCCCCCCCCCSSCCOP(=O)(O)CO[C@H](C)Cn1cnc2c(N)ncnc21.N. The van der Waals surface area contributed by atoms with E-state index >= 15 is 0 Å². The summed E-state index contributed by atoms with van der Waals surface area (Å²) in [6.07, 6.45) is 18.6. The van der Waals surface area contributed by atoms with Gasteiger partial charge in [0.2, 0.25) is 0 Å². The summed E-state index contributed by atoms with van der Waals surface area (Å²) in [5.41, 5.74) is 6.93. The number of nitrogens with zero attached hydrogens (tertiary/aromatic N) is 4. The molecule has 2 atom stereocenters. The van der Waals surface area contributed by atoms with Crippen molar-refractivity contribution in [3.63, 3.8) is 0 Å². The van der Waals surface area contributed by atoms with Crippen LogP contribution in [0.1, 0.15) is 90.9 Å². The normalized spacial score (nSPS) is 13.9. The second kappa shape index (κ2) is 20.9. The van der Waals surface area contributed by atoms with Gasteiger partial charge in [0.1, 0.15) is 18.2 Å². The fourth-order valence-corrected chi connectivity index (χ4v) is 6.95. The standard InChI is InChI=1S/C25H46N5O4PS2.H3N/c1-3-4-5-6-7-8-9-10-11-12-13-14-16-36-37-17-15-34-35(31,32)21-33-22(2)18-30-20-29-23-24(26)27-19-28-25(23)30;/h19-20,22H,3-18,21H2,1-2H3,(H,31,32)(H2,26,27,28);1H3/t22-;/m1./s1. The molecule has 0 bridgehead atoms. The number of rotatable bonds is 23. The molecule has 0 saturated heterocycles. The molecule has 0 aliphatic carbocycles. The van der Waals surface area contributed by atoms with Crippen LogP contribution in [0.2, 0.25) is 0 Å². The zero-order chi connectivity index (χ0) is 26.8. The molecule has 0 saturated carbocycles. The largest absolute Gasteiger partial charge is 0.382 e. The van der Waals surface area contributed by atoms with Gasteiger partial charge < -0.3 is 30.6 Å². The van der Waals surface area contributed by atoms with Gasteiger partial charge in [-0.2, -0.15) is 0 Å². The van der Waals surface area contributed by atoms with E-state index in [-0.39, 0.29) is 25.2 Å². The Morgan fingerprint density at radius 2 is 1.58 bits per heavy atom. The molecular weight excluding hydrogens is 543 g/mol. The smallest absolute Gasteiger partial charge is 0.353 e. The summed E-state index contributed by atoms with van der Waals surface area (Å²) in [6.45, 7) is 4.73. The lowest BCUT2D eigenvalue weighted by Gasteiger charge is -2.17. The monoisotopic (exact) mass is 592 g/mol. The molecular formula is C25H49N6O4PS2. The van der Waals surface area contributed by atoms with Gasteiger partial charge in [-0.1, -0.05) is 99.1 Å². The van der Waals surface area contributed by atoms with Gasteiger partial charge in [-0.05, 0) is 13.3 Å². The van der Waals surface area contributed by atoms with E-state index in [2.05, 4.69) is 21.9 Å². The fraction of sp³-hybridized carbons (Fsp3) is 0.800. The van der Waals surface area contributed by atoms with Crippen LogP contribution >= 0.6 is 29.2 Å². The molecule has 6 N–H and O–H groups in total. The van der Waals surface area contributed by atoms with Gasteiger partial charge in [0.25, 0.3) is 0 Å². The van der Waals surface area contributed by atoms with Crippen molar-refractivity contribution in [3.8, 4) is 0 Å². The molecule has 2 rings (SSSR count). The van der Waals surface area contributed by atoms with Crippen molar-refractivity contribution < 1.29 is 18.7 Å². The van der Waals surface area contributed by atoms with Crippen LogP contribution in [0.4, 0.5) is 5.82 Å². The molecule has 38 heavy (non-hydrogen) atoms. The maximum Gasteiger partial charge on any atom is 0.353 e. The van der Waals surface area contributed by atoms with E-state index in [1.807, 2.05) is 17.7 Å². The van der Waals surface area contributed by atoms with E-state index in [0.717, 1.165) is 5.75 Å². The third-order valence-electron chi connectivity index (χ3n) is 6.03. The highest BCUT2D eigenvalue weighted by molar-refractivity contribution is 8.76. The molecule has 220 valence electrons. The predicted molar refractivity (Wildman–Crippen MR) is 162 cm³/mol. The van der Waals surface area contributed by atoms with Crippen LogP contribution in [-0.4, -0.2) is 55.0 Å². The maximum absolute atomic E-state index is 12.3. The van der Waals surface area contributed by atoms with Crippen molar-refractivity contribution in [1.82, 2.24) is 25.7 Å². The van der Waals surface area contributed by atoms with E-state index in [9.17, 15) is 9.46 Å². The van der Waals surface area contributed by atoms with Crippen molar-refractivity contribution >= 4 is 46.2 Å². The number of fused-ring (bicyclic) bond motifs is 1. The zero-order valence-corrected chi connectivity index (χ0v) is 25.8.